The van der Waals surface area contributed by atoms with E-state index in [0.29, 0.717) is 17.8 Å². The topological polar surface area (TPSA) is 87.7 Å². The van der Waals surface area contributed by atoms with Gasteiger partial charge in [0.25, 0.3) is 5.91 Å². The summed E-state index contributed by atoms with van der Waals surface area (Å²) in [6.45, 7) is 2.15. The molecule has 2 aromatic carbocycles. The summed E-state index contributed by atoms with van der Waals surface area (Å²) < 4.78 is 30.9. The zero-order valence-electron chi connectivity index (χ0n) is 16.8. The molecule has 0 saturated heterocycles. The minimum Gasteiger partial charge on any atom is -0.496 e. The Balaban J connectivity index is 2.18. The molecule has 1 amide bonds. The minimum atomic E-state index is -3.43. The molecule has 0 radical (unpaired) electrons. The molecule has 7 nitrogen and oxygen atoms in total. The van der Waals surface area contributed by atoms with E-state index < -0.39 is 10.0 Å². The number of sulfonamides is 1. The average Bonchev–Trinajstić information content (AvgIpc) is 2.62. The van der Waals surface area contributed by atoms with Crippen LogP contribution in [0.4, 0.5) is 5.69 Å². The van der Waals surface area contributed by atoms with Crippen LogP contribution in [-0.2, 0) is 10.0 Å². The Kier molecular flexibility index (Phi) is 7.04. The number of rotatable bonds is 8. The van der Waals surface area contributed by atoms with Gasteiger partial charge in [-0.25, -0.2) is 8.42 Å². The average molecular weight is 406 g/mol. The zero-order chi connectivity index (χ0) is 20.9. The summed E-state index contributed by atoms with van der Waals surface area (Å²) in [5, 5.41) is 2.93. The first-order valence-electron chi connectivity index (χ1n) is 8.78. The summed E-state index contributed by atoms with van der Waals surface area (Å²) in [6.07, 6.45) is 1.08. The number of anilines is 1. The second kappa shape index (κ2) is 9.07. The fourth-order valence-electron chi connectivity index (χ4n) is 2.88. The number of hydrogen-bond donors (Lipinski definition) is 2. The van der Waals surface area contributed by atoms with Crippen LogP contribution in [0.1, 0.15) is 27.5 Å². The lowest BCUT2D eigenvalue weighted by atomic mass is 10.0. The molecule has 0 spiro atoms. The molecule has 0 saturated carbocycles. The van der Waals surface area contributed by atoms with Crippen molar-refractivity contribution in [3.63, 3.8) is 0 Å². The first-order chi connectivity index (χ1) is 13.1. The molecule has 0 heterocycles. The molecule has 0 bridgehead atoms. The van der Waals surface area contributed by atoms with Gasteiger partial charge in [-0.15, -0.1) is 0 Å². The fraction of sp³-hybridized carbons (Fsp3) is 0.350. The van der Waals surface area contributed by atoms with Gasteiger partial charge in [-0.05, 0) is 44.8 Å². The number of nitrogens with zero attached hydrogens (tertiary/aromatic N) is 1. The number of carbonyl (C=O) groups is 1. The summed E-state index contributed by atoms with van der Waals surface area (Å²) in [5.74, 6) is 0.476. The highest BCUT2D eigenvalue weighted by Crippen LogP contribution is 2.27. The number of carbonyl (C=O) groups excluding carboxylic acids is 1. The Morgan fingerprint density at radius 3 is 2.46 bits per heavy atom. The van der Waals surface area contributed by atoms with Gasteiger partial charge in [-0.3, -0.25) is 9.52 Å². The summed E-state index contributed by atoms with van der Waals surface area (Å²) >= 11 is 0. The number of methoxy groups -OCH3 is 1. The van der Waals surface area contributed by atoms with Crippen molar-refractivity contribution >= 4 is 21.6 Å². The predicted octanol–water partition coefficient (Wildman–Crippen LogP) is 2.41. The van der Waals surface area contributed by atoms with E-state index in [9.17, 15) is 13.2 Å². The normalized spacial score (nSPS) is 12.5. The number of likely N-dealkylation sites (N-methyl/N-ethyl adjacent to an activating group) is 1. The van der Waals surface area contributed by atoms with Crippen LogP contribution in [-0.4, -0.2) is 53.2 Å². The molecule has 0 aliphatic heterocycles. The number of hydrogen-bond acceptors (Lipinski definition) is 5. The molecule has 2 N–H and O–H groups in total. The van der Waals surface area contributed by atoms with E-state index in [-0.39, 0.29) is 11.9 Å². The maximum atomic E-state index is 12.6. The van der Waals surface area contributed by atoms with E-state index in [1.165, 1.54) is 0 Å². The first kappa shape index (κ1) is 21.7. The van der Waals surface area contributed by atoms with Gasteiger partial charge in [-0.2, -0.15) is 0 Å². The molecule has 0 aliphatic rings. The van der Waals surface area contributed by atoms with Crippen LogP contribution in [0, 0.1) is 6.92 Å². The molecule has 0 aliphatic carbocycles. The molecule has 152 valence electrons. The van der Waals surface area contributed by atoms with Crippen molar-refractivity contribution in [1.29, 1.82) is 0 Å². The smallest absolute Gasteiger partial charge is 0.251 e. The largest absolute Gasteiger partial charge is 0.496 e. The maximum absolute atomic E-state index is 12.6. The van der Waals surface area contributed by atoms with Crippen molar-refractivity contribution in [3.05, 3.63) is 59.2 Å². The number of aryl methyl sites for hydroxylation is 1. The molecule has 0 aromatic heterocycles. The molecule has 1 atom stereocenters. The van der Waals surface area contributed by atoms with Gasteiger partial charge in [0.15, 0.2) is 0 Å². The van der Waals surface area contributed by atoms with Crippen LogP contribution in [0.15, 0.2) is 42.5 Å². The van der Waals surface area contributed by atoms with E-state index in [2.05, 4.69) is 10.0 Å². The molecule has 0 unspecified atom stereocenters. The third kappa shape index (κ3) is 5.71. The van der Waals surface area contributed by atoms with Crippen LogP contribution in [0.5, 0.6) is 5.75 Å². The number of benzene rings is 2. The summed E-state index contributed by atoms with van der Waals surface area (Å²) in [7, 11) is 2.06. The standard InChI is InChI=1S/C20H27N3O4S/c1-14-10-11-15(12-17(14)22-28(5,25)26)20(24)21-13-18(23(2)3)16-8-6-7-9-19(16)27-4/h6-12,18,22H,13H2,1-5H3,(H,21,24)/t18-/m1/s1. The minimum absolute atomic E-state index is 0.0841. The number of para-hydroxylation sites is 1. The van der Waals surface area contributed by atoms with E-state index in [0.717, 1.165) is 23.1 Å². The summed E-state index contributed by atoms with van der Waals surface area (Å²) in [4.78, 5) is 14.7. The Morgan fingerprint density at radius 2 is 1.86 bits per heavy atom. The quantitative estimate of drug-likeness (QED) is 0.704. The highest BCUT2D eigenvalue weighted by atomic mass is 32.2. The second-order valence-corrected chi connectivity index (χ2v) is 8.58. The molecular weight excluding hydrogens is 378 g/mol. The van der Waals surface area contributed by atoms with Crippen molar-refractivity contribution in [1.82, 2.24) is 10.2 Å². The van der Waals surface area contributed by atoms with E-state index in [1.807, 2.05) is 43.3 Å². The Labute approximate surface area is 166 Å². The number of ether oxygens (including phenoxy) is 1. The number of amides is 1. The van der Waals surface area contributed by atoms with Crippen molar-refractivity contribution in [2.75, 3.05) is 38.7 Å². The van der Waals surface area contributed by atoms with Gasteiger partial charge in [0.05, 0.1) is 25.1 Å². The molecule has 8 heteroatoms. The molecule has 28 heavy (non-hydrogen) atoms. The van der Waals surface area contributed by atoms with Crippen molar-refractivity contribution in [2.45, 2.75) is 13.0 Å². The maximum Gasteiger partial charge on any atom is 0.251 e. The first-order valence-corrected chi connectivity index (χ1v) is 10.7. The van der Waals surface area contributed by atoms with Gasteiger partial charge in [0, 0.05) is 17.7 Å². The lowest BCUT2D eigenvalue weighted by molar-refractivity contribution is 0.0941. The van der Waals surface area contributed by atoms with E-state index >= 15 is 0 Å². The predicted molar refractivity (Wildman–Crippen MR) is 111 cm³/mol. The highest BCUT2D eigenvalue weighted by Gasteiger charge is 2.19. The number of nitrogens with one attached hydrogen (secondary N) is 2. The van der Waals surface area contributed by atoms with Gasteiger partial charge in [0.1, 0.15) is 5.75 Å². The van der Waals surface area contributed by atoms with Crippen LogP contribution >= 0.6 is 0 Å². The van der Waals surface area contributed by atoms with Crippen molar-refractivity contribution < 1.29 is 17.9 Å². The lowest BCUT2D eigenvalue weighted by Gasteiger charge is -2.26. The van der Waals surface area contributed by atoms with Crippen molar-refractivity contribution in [3.8, 4) is 5.75 Å². The van der Waals surface area contributed by atoms with Crippen LogP contribution in [0.3, 0.4) is 0 Å². The molecule has 2 rings (SSSR count). The fourth-order valence-corrected chi connectivity index (χ4v) is 3.50. The Morgan fingerprint density at radius 1 is 1.18 bits per heavy atom. The Hall–Kier alpha value is -2.58. The monoisotopic (exact) mass is 405 g/mol. The SMILES string of the molecule is COc1ccccc1[C@@H](CNC(=O)c1ccc(C)c(NS(C)(=O)=O)c1)N(C)C. The van der Waals surface area contributed by atoms with Crippen LogP contribution in [0.2, 0.25) is 0 Å². The zero-order valence-corrected chi connectivity index (χ0v) is 17.6. The summed E-state index contributed by atoms with van der Waals surface area (Å²) in [5.41, 5.74) is 2.49. The Bertz CT molecular complexity index is 942. The van der Waals surface area contributed by atoms with Gasteiger partial charge in [-0.1, -0.05) is 24.3 Å². The molecular formula is C20H27N3O4S. The highest BCUT2D eigenvalue weighted by molar-refractivity contribution is 7.92. The second-order valence-electron chi connectivity index (χ2n) is 6.84. The third-order valence-electron chi connectivity index (χ3n) is 4.37. The van der Waals surface area contributed by atoms with Gasteiger partial charge < -0.3 is 15.0 Å². The van der Waals surface area contributed by atoms with Crippen LogP contribution < -0.4 is 14.8 Å². The van der Waals surface area contributed by atoms with E-state index in [4.69, 9.17) is 4.74 Å². The molecule has 0 fully saturated rings. The van der Waals surface area contributed by atoms with Crippen molar-refractivity contribution in [2.24, 2.45) is 0 Å². The van der Waals surface area contributed by atoms with E-state index in [1.54, 1.807) is 32.2 Å². The van der Waals surface area contributed by atoms with Gasteiger partial charge in [0.2, 0.25) is 10.0 Å². The van der Waals surface area contributed by atoms with Crippen LogP contribution in [0.25, 0.3) is 0 Å². The lowest BCUT2D eigenvalue weighted by Crippen LogP contribution is -2.34. The summed E-state index contributed by atoms with van der Waals surface area (Å²) in [6, 6.07) is 12.5. The third-order valence-corrected chi connectivity index (χ3v) is 4.96. The van der Waals surface area contributed by atoms with Gasteiger partial charge >= 0.3 is 0 Å². The molecule has 2 aromatic rings.